The molecule has 22 heavy (non-hydrogen) atoms. The average molecular weight is 297 g/mol. The van der Waals surface area contributed by atoms with Crippen LogP contribution in [0.1, 0.15) is 11.4 Å². The maximum atomic E-state index is 14.8. The Balaban J connectivity index is 1.91. The van der Waals surface area contributed by atoms with E-state index in [9.17, 15) is 8.78 Å². The summed E-state index contributed by atoms with van der Waals surface area (Å²) in [5.74, 6) is -3.82. The van der Waals surface area contributed by atoms with Crippen molar-refractivity contribution in [3.05, 3.63) is 66.2 Å². The van der Waals surface area contributed by atoms with Crippen LogP contribution >= 0.6 is 0 Å². The smallest absolute Gasteiger partial charge is 0.256 e. The molecule has 5 nitrogen and oxygen atoms in total. The van der Waals surface area contributed by atoms with Gasteiger partial charge < -0.3 is 0 Å². The Morgan fingerprint density at radius 3 is 2.73 bits per heavy atom. The van der Waals surface area contributed by atoms with Crippen LogP contribution in [0.15, 0.2) is 54.9 Å². The zero-order valence-electron chi connectivity index (χ0n) is 11.2. The molecule has 0 aliphatic rings. The Morgan fingerprint density at radius 1 is 0.955 bits per heavy atom. The van der Waals surface area contributed by atoms with Crippen molar-refractivity contribution in [3.8, 4) is 0 Å². The highest BCUT2D eigenvalue weighted by Gasteiger charge is 2.40. The van der Waals surface area contributed by atoms with E-state index in [2.05, 4.69) is 20.3 Å². The van der Waals surface area contributed by atoms with Gasteiger partial charge in [-0.2, -0.15) is 18.4 Å². The molecule has 0 bridgehead atoms. The van der Waals surface area contributed by atoms with Crippen molar-refractivity contribution in [1.29, 1.82) is 0 Å². The maximum absolute atomic E-state index is 14.8. The number of benzene rings is 1. The third-order valence-corrected chi connectivity index (χ3v) is 3.42. The van der Waals surface area contributed by atoms with Crippen molar-refractivity contribution in [3.63, 3.8) is 0 Å². The van der Waals surface area contributed by atoms with Gasteiger partial charge in [0.15, 0.2) is 5.65 Å². The fourth-order valence-electron chi connectivity index (χ4n) is 2.34. The number of alkyl halides is 2. The molecule has 0 fully saturated rings. The fraction of sp³-hybridized carbons (Fsp3) is 0.0667. The highest BCUT2D eigenvalue weighted by molar-refractivity contribution is 5.79. The molecule has 0 N–H and O–H groups in total. The molecule has 0 radical (unpaired) electrons. The van der Waals surface area contributed by atoms with Crippen LogP contribution < -0.4 is 0 Å². The molecule has 3 aromatic heterocycles. The molecular weight excluding hydrogens is 288 g/mol. The van der Waals surface area contributed by atoms with Gasteiger partial charge in [-0.15, -0.1) is 10.2 Å². The first-order valence-corrected chi connectivity index (χ1v) is 6.56. The number of fused-ring (bicyclic) bond motifs is 2. The minimum absolute atomic E-state index is 0.173. The third-order valence-electron chi connectivity index (χ3n) is 3.42. The van der Waals surface area contributed by atoms with E-state index in [0.717, 1.165) is 4.52 Å². The Bertz CT molecular complexity index is 980. The first-order valence-electron chi connectivity index (χ1n) is 6.56. The van der Waals surface area contributed by atoms with E-state index in [1.807, 2.05) is 0 Å². The van der Waals surface area contributed by atoms with Gasteiger partial charge in [-0.25, -0.2) is 0 Å². The predicted molar refractivity (Wildman–Crippen MR) is 75.5 cm³/mol. The van der Waals surface area contributed by atoms with Gasteiger partial charge in [-0.1, -0.05) is 12.1 Å². The number of halogens is 2. The van der Waals surface area contributed by atoms with Crippen molar-refractivity contribution >= 4 is 16.6 Å². The summed E-state index contributed by atoms with van der Waals surface area (Å²) in [5.41, 5.74) is 0.763. The second-order valence-corrected chi connectivity index (χ2v) is 4.80. The Hall–Kier alpha value is -2.96. The molecule has 0 saturated heterocycles. The van der Waals surface area contributed by atoms with Crippen LogP contribution in [0.5, 0.6) is 0 Å². The quantitative estimate of drug-likeness (QED) is 0.571. The van der Waals surface area contributed by atoms with E-state index in [1.54, 1.807) is 36.5 Å². The Kier molecular flexibility index (Phi) is 2.62. The molecular formula is C15H9F2N5. The lowest BCUT2D eigenvalue weighted by Crippen LogP contribution is -2.20. The molecule has 0 amide bonds. The van der Waals surface area contributed by atoms with E-state index >= 15 is 0 Å². The topological polar surface area (TPSA) is 56.0 Å². The third kappa shape index (κ3) is 1.82. The Morgan fingerprint density at radius 2 is 1.82 bits per heavy atom. The molecule has 108 valence electrons. The number of nitrogens with zero attached hydrogens (tertiary/aromatic N) is 5. The van der Waals surface area contributed by atoms with Crippen molar-refractivity contribution in [2.45, 2.75) is 5.92 Å². The van der Waals surface area contributed by atoms with Crippen molar-refractivity contribution in [2.24, 2.45) is 0 Å². The van der Waals surface area contributed by atoms with Gasteiger partial charge in [-0.05, 0) is 30.3 Å². The summed E-state index contributed by atoms with van der Waals surface area (Å²) >= 11 is 0. The first-order chi connectivity index (χ1) is 10.7. The Labute approximate surface area is 123 Å². The van der Waals surface area contributed by atoms with Crippen LogP contribution in [0, 0.1) is 0 Å². The zero-order valence-corrected chi connectivity index (χ0v) is 11.2. The van der Waals surface area contributed by atoms with Crippen LogP contribution in [0.25, 0.3) is 16.6 Å². The molecule has 0 saturated carbocycles. The predicted octanol–water partition coefficient (Wildman–Crippen LogP) is 2.81. The van der Waals surface area contributed by atoms with Gasteiger partial charge in [0.05, 0.1) is 5.52 Å². The normalized spacial score (nSPS) is 12.1. The number of pyridine rings is 1. The summed E-state index contributed by atoms with van der Waals surface area (Å²) in [6, 6.07) is 11.0. The molecule has 0 unspecified atom stereocenters. The molecule has 4 aromatic rings. The maximum Gasteiger partial charge on any atom is 0.333 e. The highest BCUT2D eigenvalue weighted by atomic mass is 19.3. The highest BCUT2D eigenvalue weighted by Crippen LogP contribution is 2.35. The van der Waals surface area contributed by atoms with Crippen molar-refractivity contribution in [1.82, 2.24) is 24.8 Å². The second kappa shape index (κ2) is 4.52. The lowest BCUT2D eigenvalue weighted by atomic mass is 10.0. The standard InChI is InChI=1S/C15H9F2N5/c16-15(17,14-21-20-13-4-2-8-19-22(13)14)11-5-6-12-10(9-11)3-1-7-18-12/h1-9H. The van der Waals surface area contributed by atoms with E-state index in [4.69, 9.17) is 0 Å². The van der Waals surface area contributed by atoms with E-state index in [-0.39, 0.29) is 11.2 Å². The molecule has 7 heteroatoms. The zero-order chi connectivity index (χ0) is 15.2. The van der Waals surface area contributed by atoms with Crippen LogP contribution in [0.2, 0.25) is 0 Å². The molecule has 0 aliphatic carbocycles. The van der Waals surface area contributed by atoms with Gasteiger partial charge in [0.2, 0.25) is 5.82 Å². The largest absolute Gasteiger partial charge is 0.333 e. The molecule has 1 aromatic carbocycles. The SMILES string of the molecule is FC(F)(c1ccc2ncccc2c1)c1nnc2cccnn12. The summed E-state index contributed by atoms with van der Waals surface area (Å²) in [4.78, 5) is 4.13. The van der Waals surface area contributed by atoms with Gasteiger partial charge in [-0.3, -0.25) is 4.98 Å². The summed E-state index contributed by atoms with van der Waals surface area (Å²) in [6.45, 7) is 0. The summed E-state index contributed by atoms with van der Waals surface area (Å²) in [5, 5.41) is 11.9. The lowest BCUT2D eigenvalue weighted by molar-refractivity contribution is 0.0307. The van der Waals surface area contributed by atoms with Gasteiger partial charge in [0.1, 0.15) is 0 Å². The monoisotopic (exact) mass is 297 g/mol. The van der Waals surface area contributed by atoms with Gasteiger partial charge in [0.25, 0.3) is 0 Å². The molecule has 4 rings (SSSR count). The van der Waals surface area contributed by atoms with Gasteiger partial charge >= 0.3 is 5.92 Å². The lowest BCUT2D eigenvalue weighted by Gasteiger charge is -2.14. The second-order valence-electron chi connectivity index (χ2n) is 4.80. The molecule has 0 spiro atoms. The van der Waals surface area contributed by atoms with Crippen LogP contribution in [0.4, 0.5) is 8.78 Å². The van der Waals surface area contributed by atoms with E-state index < -0.39 is 11.7 Å². The molecule has 0 aliphatic heterocycles. The fourth-order valence-corrected chi connectivity index (χ4v) is 2.34. The number of hydrogen-bond donors (Lipinski definition) is 0. The van der Waals surface area contributed by atoms with Crippen LogP contribution in [0.3, 0.4) is 0 Å². The average Bonchev–Trinajstić information content (AvgIpc) is 2.99. The van der Waals surface area contributed by atoms with E-state index in [0.29, 0.717) is 10.9 Å². The van der Waals surface area contributed by atoms with Crippen LogP contribution in [-0.4, -0.2) is 24.8 Å². The number of hydrogen-bond acceptors (Lipinski definition) is 4. The number of rotatable bonds is 2. The first kappa shape index (κ1) is 12.8. The van der Waals surface area contributed by atoms with Gasteiger partial charge in [0, 0.05) is 23.3 Å². The van der Waals surface area contributed by atoms with E-state index in [1.165, 1.54) is 18.3 Å². The van der Waals surface area contributed by atoms with Crippen molar-refractivity contribution < 1.29 is 8.78 Å². The summed E-state index contributed by atoms with van der Waals surface area (Å²) in [6.07, 6.45) is 3.04. The summed E-state index contributed by atoms with van der Waals surface area (Å²) < 4.78 is 30.6. The molecule has 3 heterocycles. The molecule has 0 atom stereocenters. The number of aromatic nitrogens is 5. The van der Waals surface area contributed by atoms with Crippen LogP contribution in [-0.2, 0) is 5.92 Å². The summed E-state index contributed by atoms with van der Waals surface area (Å²) in [7, 11) is 0. The van der Waals surface area contributed by atoms with Crippen molar-refractivity contribution in [2.75, 3.05) is 0 Å². The minimum atomic E-state index is -3.31. The minimum Gasteiger partial charge on any atom is -0.256 e.